The Morgan fingerprint density at radius 3 is 2.12 bits per heavy atom. The molecule has 1 aliphatic carbocycles. The number of hydrogen-bond donors (Lipinski definition) is 1. The predicted molar refractivity (Wildman–Crippen MR) is 55.7 cm³/mol. The van der Waals surface area contributed by atoms with Gasteiger partial charge in [-0.15, -0.1) is 0 Å². The average molecular weight is 229 g/mol. The van der Waals surface area contributed by atoms with Crippen LogP contribution >= 0.6 is 0 Å². The van der Waals surface area contributed by atoms with Gasteiger partial charge >= 0.3 is 6.18 Å². The summed E-state index contributed by atoms with van der Waals surface area (Å²) in [6.45, 7) is 3.78. The van der Waals surface area contributed by atoms with E-state index in [0.717, 1.165) is 6.07 Å². The third-order valence-corrected chi connectivity index (χ3v) is 3.52. The van der Waals surface area contributed by atoms with E-state index >= 15 is 0 Å². The number of benzene rings is 1. The van der Waals surface area contributed by atoms with Gasteiger partial charge in [0.05, 0.1) is 5.56 Å². The Labute approximate surface area is 92.5 Å². The molecule has 1 nitrogen and oxygen atoms in total. The predicted octanol–water partition coefficient (Wildman–Crippen LogP) is 3.29. The maximum atomic E-state index is 12.8. The minimum Gasteiger partial charge on any atom is -0.321 e. The topological polar surface area (TPSA) is 26.0 Å². The highest BCUT2D eigenvalue weighted by atomic mass is 19.4. The van der Waals surface area contributed by atoms with Crippen LogP contribution in [0.5, 0.6) is 0 Å². The lowest BCUT2D eigenvalue weighted by Gasteiger charge is -2.20. The maximum Gasteiger partial charge on any atom is 0.416 e. The van der Waals surface area contributed by atoms with Gasteiger partial charge in [-0.25, -0.2) is 0 Å². The summed E-state index contributed by atoms with van der Waals surface area (Å²) >= 11 is 0. The Balaban J connectivity index is 2.52. The Morgan fingerprint density at radius 2 is 1.69 bits per heavy atom. The van der Waals surface area contributed by atoms with E-state index in [2.05, 4.69) is 0 Å². The smallest absolute Gasteiger partial charge is 0.321 e. The van der Waals surface area contributed by atoms with Gasteiger partial charge in [-0.05, 0) is 23.5 Å². The standard InChI is InChI=1S/C12H14F3N/c1-10(2)7-11(10,16)8-5-3-4-6-9(8)12(13,14)15/h3-6H,7,16H2,1-2H3. The minimum atomic E-state index is -4.33. The summed E-state index contributed by atoms with van der Waals surface area (Å²) in [5.74, 6) is 0. The fraction of sp³-hybridized carbons (Fsp3) is 0.500. The molecule has 88 valence electrons. The van der Waals surface area contributed by atoms with Crippen molar-refractivity contribution in [3.05, 3.63) is 35.4 Å². The molecule has 1 aromatic carbocycles. The van der Waals surface area contributed by atoms with Gasteiger partial charge < -0.3 is 5.73 Å². The number of nitrogens with two attached hydrogens (primary N) is 1. The first-order valence-electron chi connectivity index (χ1n) is 5.14. The lowest BCUT2D eigenvalue weighted by molar-refractivity contribution is -0.138. The molecule has 1 atom stereocenters. The molecule has 1 saturated carbocycles. The largest absolute Gasteiger partial charge is 0.416 e. The third-order valence-electron chi connectivity index (χ3n) is 3.52. The monoisotopic (exact) mass is 229 g/mol. The molecule has 0 heterocycles. The fourth-order valence-electron chi connectivity index (χ4n) is 2.23. The molecule has 0 aliphatic heterocycles. The van der Waals surface area contributed by atoms with Gasteiger partial charge in [-0.1, -0.05) is 32.0 Å². The minimum absolute atomic E-state index is 0.215. The van der Waals surface area contributed by atoms with E-state index in [4.69, 9.17) is 5.73 Å². The highest BCUT2D eigenvalue weighted by Crippen LogP contribution is 2.61. The SMILES string of the molecule is CC1(C)CC1(N)c1ccccc1C(F)(F)F. The van der Waals surface area contributed by atoms with Crippen LogP contribution in [-0.2, 0) is 11.7 Å². The summed E-state index contributed by atoms with van der Waals surface area (Å²) in [5.41, 5.74) is 4.56. The molecule has 0 bridgehead atoms. The van der Waals surface area contributed by atoms with Crippen LogP contribution in [0.15, 0.2) is 24.3 Å². The van der Waals surface area contributed by atoms with E-state index in [1.165, 1.54) is 12.1 Å². The van der Waals surface area contributed by atoms with Crippen molar-refractivity contribution in [3.8, 4) is 0 Å². The van der Waals surface area contributed by atoms with Crippen molar-refractivity contribution < 1.29 is 13.2 Å². The van der Waals surface area contributed by atoms with Crippen molar-refractivity contribution in [2.75, 3.05) is 0 Å². The second kappa shape index (κ2) is 3.00. The molecule has 16 heavy (non-hydrogen) atoms. The van der Waals surface area contributed by atoms with Gasteiger partial charge in [0.25, 0.3) is 0 Å². The fourth-order valence-corrected chi connectivity index (χ4v) is 2.23. The third kappa shape index (κ3) is 1.52. The van der Waals surface area contributed by atoms with Crippen molar-refractivity contribution in [2.45, 2.75) is 32.0 Å². The van der Waals surface area contributed by atoms with E-state index < -0.39 is 17.3 Å². The molecule has 2 N–H and O–H groups in total. The van der Waals surface area contributed by atoms with E-state index in [0.29, 0.717) is 6.42 Å². The Bertz CT molecular complexity index is 423. The van der Waals surface area contributed by atoms with Crippen LogP contribution in [0.25, 0.3) is 0 Å². The van der Waals surface area contributed by atoms with Gasteiger partial charge in [0.1, 0.15) is 0 Å². The van der Waals surface area contributed by atoms with Gasteiger partial charge in [0, 0.05) is 5.54 Å². The van der Waals surface area contributed by atoms with E-state index in [1.54, 1.807) is 6.07 Å². The summed E-state index contributed by atoms with van der Waals surface area (Å²) in [6, 6.07) is 5.58. The van der Waals surface area contributed by atoms with E-state index in [-0.39, 0.29) is 11.0 Å². The number of halogens is 3. The van der Waals surface area contributed by atoms with Crippen molar-refractivity contribution in [2.24, 2.45) is 11.1 Å². The Morgan fingerprint density at radius 1 is 1.19 bits per heavy atom. The quantitative estimate of drug-likeness (QED) is 0.785. The van der Waals surface area contributed by atoms with Gasteiger partial charge in [-0.2, -0.15) is 13.2 Å². The molecule has 1 aromatic rings. The van der Waals surface area contributed by atoms with Crippen molar-refractivity contribution in [1.82, 2.24) is 0 Å². The van der Waals surface area contributed by atoms with E-state index in [9.17, 15) is 13.2 Å². The van der Waals surface area contributed by atoms with Crippen molar-refractivity contribution in [1.29, 1.82) is 0 Å². The zero-order chi connectivity index (χ0) is 12.2. The normalized spacial score (nSPS) is 27.9. The zero-order valence-electron chi connectivity index (χ0n) is 9.23. The first-order chi connectivity index (χ1) is 7.18. The van der Waals surface area contributed by atoms with Gasteiger partial charge in [0.2, 0.25) is 0 Å². The number of alkyl halides is 3. The summed E-state index contributed by atoms with van der Waals surface area (Å²) in [7, 11) is 0. The molecule has 0 radical (unpaired) electrons. The van der Waals surface area contributed by atoms with Crippen LogP contribution in [0.2, 0.25) is 0 Å². The van der Waals surface area contributed by atoms with Crippen LogP contribution in [0.4, 0.5) is 13.2 Å². The molecule has 4 heteroatoms. The molecule has 0 spiro atoms. The first-order valence-corrected chi connectivity index (χ1v) is 5.14. The summed E-state index contributed by atoms with van der Waals surface area (Å²) < 4.78 is 38.4. The molecule has 1 fully saturated rings. The van der Waals surface area contributed by atoms with Crippen LogP contribution in [-0.4, -0.2) is 0 Å². The van der Waals surface area contributed by atoms with Crippen LogP contribution in [0.1, 0.15) is 31.4 Å². The molecule has 1 unspecified atom stereocenters. The lowest BCUT2D eigenvalue weighted by atomic mass is 9.92. The summed E-state index contributed by atoms with van der Waals surface area (Å²) in [4.78, 5) is 0. The summed E-state index contributed by atoms with van der Waals surface area (Å²) in [5, 5.41) is 0. The second-order valence-electron chi connectivity index (χ2n) is 5.08. The molecule has 2 rings (SSSR count). The average Bonchev–Trinajstić information content (AvgIpc) is 2.66. The molecular formula is C12H14F3N. The number of rotatable bonds is 1. The van der Waals surface area contributed by atoms with Gasteiger partial charge in [0.15, 0.2) is 0 Å². The zero-order valence-corrected chi connectivity index (χ0v) is 9.23. The Hall–Kier alpha value is -1.03. The maximum absolute atomic E-state index is 12.8. The highest BCUT2D eigenvalue weighted by molar-refractivity contribution is 5.42. The molecule has 0 saturated heterocycles. The molecular weight excluding hydrogens is 215 g/mol. The van der Waals surface area contributed by atoms with Crippen LogP contribution in [0.3, 0.4) is 0 Å². The lowest BCUT2D eigenvalue weighted by Crippen LogP contribution is -2.28. The van der Waals surface area contributed by atoms with Crippen LogP contribution < -0.4 is 5.73 Å². The highest BCUT2D eigenvalue weighted by Gasteiger charge is 2.61. The molecule has 0 aromatic heterocycles. The van der Waals surface area contributed by atoms with Crippen molar-refractivity contribution >= 4 is 0 Å². The van der Waals surface area contributed by atoms with Crippen LogP contribution in [0, 0.1) is 5.41 Å². The second-order valence-corrected chi connectivity index (χ2v) is 5.08. The number of hydrogen-bond acceptors (Lipinski definition) is 1. The molecule has 0 amide bonds. The Kier molecular flexibility index (Phi) is 2.15. The molecule has 1 aliphatic rings. The first kappa shape index (κ1) is 11.5. The summed E-state index contributed by atoms with van der Waals surface area (Å²) in [6.07, 6.45) is -3.74. The van der Waals surface area contributed by atoms with Gasteiger partial charge in [-0.3, -0.25) is 0 Å². The van der Waals surface area contributed by atoms with E-state index in [1.807, 2.05) is 13.8 Å². The van der Waals surface area contributed by atoms with Crippen molar-refractivity contribution in [3.63, 3.8) is 0 Å².